The molecular weight excluding hydrogens is 224 g/mol. The van der Waals surface area contributed by atoms with Gasteiger partial charge in [-0.15, -0.1) is 0 Å². The molecule has 96 valence electrons. The third-order valence-electron chi connectivity index (χ3n) is 3.83. The highest BCUT2D eigenvalue weighted by Crippen LogP contribution is 2.42. The summed E-state index contributed by atoms with van der Waals surface area (Å²) < 4.78 is 5.12. The number of hydrogen-bond donors (Lipinski definition) is 2. The summed E-state index contributed by atoms with van der Waals surface area (Å²) in [4.78, 5) is 24.9. The molecule has 3 N–H and O–H groups in total. The van der Waals surface area contributed by atoms with Gasteiger partial charge in [-0.25, -0.2) is 4.79 Å². The van der Waals surface area contributed by atoms with Crippen molar-refractivity contribution in [2.45, 2.75) is 25.3 Å². The Kier molecular flexibility index (Phi) is 3.35. The molecule has 2 fully saturated rings. The van der Waals surface area contributed by atoms with Gasteiger partial charge in [-0.3, -0.25) is 4.79 Å². The van der Waals surface area contributed by atoms with Gasteiger partial charge in [0, 0.05) is 13.1 Å². The second-order valence-corrected chi connectivity index (χ2v) is 4.77. The number of carbonyl (C=O) groups is 2. The Hall–Kier alpha value is -1.14. The number of ether oxygens (including phenoxy) is 1. The van der Waals surface area contributed by atoms with Gasteiger partial charge in [-0.1, -0.05) is 6.42 Å². The smallest absolute Gasteiger partial charge is 0.328 e. The summed E-state index contributed by atoms with van der Waals surface area (Å²) in [6.45, 7) is 1.12. The molecule has 0 spiro atoms. The first-order valence-electron chi connectivity index (χ1n) is 5.92. The van der Waals surface area contributed by atoms with Crippen molar-refractivity contribution in [2.75, 3.05) is 26.3 Å². The quantitative estimate of drug-likeness (QED) is 0.691. The van der Waals surface area contributed by atoms with E-state index in [-0.39, 0.29) is 12.5 Å². The number of hydrogen-bond acceptors (Lipinski definition) is 4. The van der Waals surface area contributed by atoms with Crippen LogP contribution in [0, 0.1) is 5.41 Å². The number of carbonyl (C=O) groups excluding carboxylic acids is 1. The van der Waals surface area contributed by atoms with Crippen molar-refractivity contribution in [3.63, 3.8) is 0 Å². The zero-order chi connectivity index (χ0) is 12.5. The van der Waals surface area contributed by atoms with E-state index in [0.29, 0.717) is 19.7 Å². The predicted octanol–water partition coefficient (Wildman–Crippen LogP) is -0.573. The lowest BCUT2D eigenvalue weighted by Gasteiger charge is -2.45. The molecule has 6 nitrogen and oxygen atoms in total. The lowest BCUT2D eigenvalue weighted by molar-refractivity contribution is -0.166. The number of amides is 1. The first-order valence-corrected chi connectivity index (χ1v) is 5.92. The largest absolute Gasteiger partial charge is 0.480 e. The molecule has 2 aliphatic rings. The summed E-state index contributed by atoms with van der Waals surface area (Å²) in [5.74, 6) is -1.12. The van der Waals surface area contributed by atoms with Crippen LogP contribution in [-0.2, 0) is 14.3 Å². The Balaban J connectivity index is 2.13. The maximum atomic E-state index is 12.4. The number of nitrogens with two attached hydrogens (primary N) is 1. The van der Waals surface area contributed by atoms with E-state index in [1.165, 1.54) is 4.90 Å². The average molecular weight is 242 g/mol. The third kappa shape index (κ3) is 2.02. The van der Waals surface area contributed by atoms with Gasteiger partial charge in [-0.2, -0.15) is 0 Å². The second-order valence-electron chi connectivity index (χ2n) is 4.77. The van der Waals surface area contributed by atoms with Gasteiger partial charge < -0.3 is 20.5 Å². The molecule has 0 aromatic rings. The predicted molar refractivity (Wildman–Crippen MR) is 59.3 cm³/mol. The Morgan fingerprint density at radius 1 is 1.47 bits per heavy atom. The van der Waals surface area contributed by atoms with Crippen molar-refractivity contribution >= 4 is 11.9 Å². The van der Waals surface area contributed by atoms with E-state index in [1.807, 2.05) is 0 Å². The van der Waals surface area contributed by atoms with E-state index >= 15 is 0 Å². The van der Waals surface area contributed by atoms with E-state index < -0.39 is 17.4 Å². The van der Waals surface area contributed by atoms with E-state index in [9.17, 15) is 9.59 Å². The second kappa shape index (κ2) is 4.62. The highest BCUT2D eigenvalue weighted by molar-refractivity contribution is 5.88. The van der Waals surface area contributed by atoms with Gasteiger partial charge in [0.05, 0.1) is 18.6 Å². The van der Waals surface area contributed by atoms with Crippen LogP contribution in [-0.4, -0.2) is 54.2 Å². The number of aliphatic carboxylic acids is 1. The fraction of sp³-hybridized carbons (Fsp3) is 0.818. The summed E-state index contributed by atoms with van der Waals surface area (Å²) in [5.41, 5.74) is 5.16. The van der Waals surface area contributed by atoms with Crippen LogP contribution in [0.1, 0.15) is 19.3 Å². The van der Waals surface area contributed by atoms with Crippen molar-refractivity contribution < 1.29 is 19.4 Å². The standard InChI is InChI=1S/C11H18N2O4/c12-7-11(2-1-3-11)10(16)13-4-5-17-6-8(13)9(14)15/h8H,1-7,12H2,(H,14,15). The molecule has 1 atom stereocenters. The molecule has 1 aliphatic carbocycles. The van der Waals surface area contributed by atoms with Crippen molar-refractivity contribution in [3.8, 4) is 0 Å². The van der Waals surface area contributed by atoms with E-state index in [1.54, 1.807) is 0 Å². The number of nitrogens with zero attached hydrogens (tertiary/aromatic N) is 1. The molecule has 1 aliphatic heterocycles. The fourth-order valence-electron chi connectivity index (χ4n) is 2.46. The molecule has 1 saturated heterocycles. The molecule has 17 heavy (non-hydrogen) atoms. The van der Waals surface area contributed by atoms with Gasteiger partial charge in [0.2, 0.25) is 5.91 Å². The monoisotopic (exact) mass is 242 g/mol. The molecule has 0 aromatic heterocycles. The van der Waals surface area contributed by atoms with Crippen molar-refractivity contribution in [3.05, 3.63) is 0 Å². The number of morpholine rings is 1. The molecule has 1 unspecified atom stereocenters. The minimum Gasteiger partial charge on any atom is -0.480 e. The van der Waals surface area contributed by atoms with Crippen LogP contribution in [0.3, 0.4) is 0 Å². The van der Waals surface area contributed by atoms with E-state index in [2.05, 4.69) is 0 Å². The topological polar surface area (TPSA) is 92.9 Å². The van der Waals surface area contributed by atoms with E-state index in [4.69, 9.17) is 15.6 Å². The van der Waals surface area contributed by atoms with Gasteiger partial charge in [-0.05, 0) is 12.8 Å². The lowest BCUT2D eigenvalue weighted by atomic mass is 9.67. The normalized spacial score (nSPS) is 27.4. The molecule has 6 heteroatoms. The maximum absolute atomic E-state index is 12.4. The van der Waals surface area contributed by atoms with Gasteiger partial charge in [0.25, 0.3) is 0 Å². The van der Waals surface area contributed by atoms with Gasteiger partial charge in [0.1, 0.15) is 0 Å². The SMILES string of the molecule is NCC1(C(=O)N2CCOCC2C(=O)O)CCC1. The molecule has 1 saturated carbocycles. The molecular formula is C11H18N2O4. The van der Waals surface area contributed by atoms with Crippen LogP contribution in [0.2, 0.25) is 0 Å². The summed E-state index contributed by atoms with van der Waals surface area (Å²) in [7, 11) is 0. The van der Waals surface area contributed by atoms with Crippen LogP contribution in [0.5, 0.6) is 0 Å². The fourth-order valence-corrected chi connectivity index (χ4v) is 2.46. The average Bonchev–Trinajstić information content (AvgIpc) is 2.28. The van der Waals surface area contributed by atoms with Crippen LogP contribution in [0.4, 0.5) is 0 Å². The van der Waals surface area contributed by atoms with Crippen LogP contribution in [0.15, 0.2) is 0 Å². The zero-order valence-electron chi connectivity index (χ0n) is 9.72. The van der Waals surface area contributed by atoms with Crippen molar-refractivity contribution in [1.82, 2.24) is 4.90 Å². The molecule has 0 bridgehead atoms. The minimum atomic E-state index is -1.01. The highest BCUT2D eigenvalue weighted by atomic mass is 16.5. The number of carboxylic acids is 1. The maximum Gasteiger partial charge on any atom is 0.328 e. The Morgan fingerprint density at radius 3 is 2.65 bits per heavy atom. The minimum absolute atomic E-state index is 0.0712. The first kappa shape index (κ1) is 12.3. The van der Waals surface area contributed by atoms with Crippen LogP contribution in [0.25, 0.3) is 0 Å². The summed E-state index contributed by atoms with van der Waals surface area (Å²) >= 11 is 0. The Bertz CT molecular complexity index is 322. The highest BCUT2D eigenvalue weighted by Gasteiger charge is 2.48. The third-order valence-corrected chi connectivity index (χ3v) is 3.83. The summed E-state index contributed by atoms with van der Waals surface area (Å²) in [5, 5.41) is 9.08. The molecule has 0 aromatic carbocycles. The Labute approximate surface area is 99.7 Å². The van der Waals surface area contributed by atoms with Crippen molar-refractivity contribution in [1.29, 1.82) is 0 Å². The van der Waals surface area contributed by atoms with Crippen LogP contribution >= 0.6 is 0 Å². The van der Waals surface area contributed by atoms with Crippen LogP contribution < -0.4 is 5.73 Å². The molecule has 1 amide bonds. The van der Waals surface area contributed by atoms with E-state index in [0.717, 1.165) is 19.3 Å². The number of rotatable bonds is 3. The van der Waals surface area contributed by atoms with Gasteiger partial charge >= 0.3 is 5.97 Å². The molecule has 1 heterocycles. The lowest BCUT2D eigenvalue weighted by Crippen LogP contribution is -2.60. The Morgan fingerprint density at radius 2 is 2.18 bits per heavy atom. The summed E-state index contributed by atoms with van der Waals surface area (Å²) in [6, 6.07) is -0.861. The molecule has 0 radical (unpaired) electrons. The molecule has 2 rings (SSSR count). The summed E-state index contributed by atoms with van der Waals surface area (Å²) in [6.07, 6.45) is 2.53. The van der Waals surface area contributed by atoms with Crippen molar-refractivity contribution in [2.24, 2.45) is 11.1 Å². The zero-order valence-corrected chi connectivity index (χ0v) is 9.72. The number of carboxylic acid groups (broad SMARTS) is 1. The van der Waals surface area contributed by atoms with Gasteiger partial charge in [0.15, 0.2) is 6.04 Å². The first-order chi connectivity index (χ1) is 8.10.